The largest absolute Gasteiger partial charge is 0.417 e. The summed E-state index contributed by atoms with van der Waals surface area (Å²) in [5, 5.41) is 5.16. The molecule has 9 heteroatoms. The van der Waals surface area contributed by atoms with Crippen LogP contribution in [0.2, 0.25) is 0 Å². The highest BCUT2D eigenvalue weighted by atomic mass is 19.4. The lowest BCUT2D eigenvalue weighted by Gasteiger charge is -2.20. The molecule has 0 aliphatic carbocycles. The molecule has 1 unspecified atom stereocenters. The average Bonchev–Trinajstić information content (AvgIpc) is 2.97. The molecule has 0 aromatic carbocycles. The summed E-state index contributed by atoms with van der Waals surface area (Å²) in [6.45, 7) is 1.77. The first-order valence-electron chi connectivity index (χ1n) is 6.99. The molecule has 6 nitrogen and oxygen atoms in total. The fraction of sp³-hybridized carbons (Fsp3) is 0.200. The van der Waals surface area contributed by atoms with Gasteiger partial charge in [-0.25, -0.2) is 0 Å². The molecule has 2 aromatic rings. The van der Waals surface area contributed by atoms with Gasteiger partial charge in [-0.3, -0.25) is 9.59 Å². The maximum Gasteiger partial charge on any atom is 0.417 e. The lowest BCUT2D eigenvalue weighted by Crippen LogP contribution is -2.43. The summed E-state index contributed by atoms with van der Waals surface area (Å²) in [6, 6.07) is 0. The zero-order valence-corrected chi connectivity index (χ0v) is 12.4. The van der Waals surface area contributed by atoms with E-state index in [1.807, 2.05) is 0 Å². The molecule has 0 radical (unpaired) electrons. The van der Waals surface area contributed by atoms with Crippen LogP contribution in [0.5, 0.6) is 0 Å². The van der Waals surface area contributed by atoms with Gasteiger partial charge in [-0.2, -0.15) is 13.2 Å². The van der Waals surface area contributed by atoms with Gasteiger partial charge in [0, 0.05) is 18.6 Å². The molecule has 3 rings (SSSR count). The van der Waals surface area contributed by atoms with Crippen LogP contribution in [0.1, 0.15) is 15.9 Å². The Hall–Kier alpha value is -2.97. The highest BCUT2D eigenvalue weighted by Crippen LogP contribution is 2.27. The van der Waals surface area contributed by atoms with Crippen LogP contribution in [0.25, 0.3) is 10.9 Å². The highest BCUT2D eigenvalue weighted by molar-refractivity contribution is 6.07. The first-order chi connectivity index (χ1) is 11.3. The quantitative estimate of drug-likeness (QED) is 0.673. The number of alkyl halides is 3. The Bertz CT molecular complexity index is 921. The third kappa shape index (κ3) is 2.80. The van der Waals surface area contributed by atoms with Crippen molar-refractivity contribution in [1.29, 1.82) is 0 Å². The normalized spacial score (nSPS) is 17.5. The molecule has 0 saturated carbocycles. The number of dihydropyridines is 1. The molecule has 4 N–H and O–H groups in total. The van der Waals surface area contributed by atoms with Gasteiger partial charge >= 0.3 is 6.18 Å². The number of carbonyl (C=O) groups excluding carboxylic acids is 1. The van der Waals surface area contributed by atoms with Crippen LogP contribution in [0, 0.1) is 6.92 Å². The van der Waals surface area contributed by atoms with E-state index >= 15 is 0 Å². The molecule has 1 atom stereocenters. The SMILES string of the molecule is Cc1c[nH]c(=O)c2c(C(=O)NC3C=CC(C(F)(F)F)=CN3)c[nH]c12. The van der Waals surface area contributed by atoms with Crippen molar-refractivity contribution >= 4 is 16.8 Å². The number of amides is 1. The molecule has 1 amide bonds. The van der Waals surface area contributed by atoms with Crippen LogP contribution in [0.15, 0.2) is 41.1 Å². The lowest BCUT2D eigenvalue weighted by atomic mass is 10.1. The predicted molar refractivity (Wildman–Crippen MR) is 81.3 cm³/mol. The van der Waals surface area contributed by atoms with E-state index in [1.165, 1.54) is 18.5 Å². The van der Waals surface area contributed by atoms with E-state index in [9.17, 15) is 22.8 Å². The molecule has 0 spiro atoms. The van der Waals surface area contributed by atoms with E-state index in [0.717, 1.165) is 17.8 Å². The van der Waals surface area contributed by atoms with Crippen LogP contribution >= 0.6 is 0 Å². The summed E-state index contributed by atoms with van der Waals surface area (Å²) >= 11 is 0. The molecule has 0 bridgehead atoms. The molecule has 0 fully saturated rings. The molecule has 1 aliphatic heterocycles. The Morgan fingerprint density at radius 2 is 2.00 bits per heavy atom. The van der Waals surface area contributed by atoms with Gasteiger partial charge in [-0.1, -0.05) is 0 Å². The highest BCUT2D eigenvalue weighted by Gasteiger charge is 2.33. The predicted octanol–water partition coefficient (Wildman–Crippen LogP) is 1.83. The molecular formula is C15H13F3N4O2. The minimum absolute atomic E-state index is 0.121. The Kier molecular flexibility index (Phi) is 3.70. The van der Waals surface area contributed by atoms with Gasteiger partial charge in [-0.15, -0.1) is 0 Å². The number of hydrogen-bond acceptors (Lipinski definition) is 3. The Morgan fingerprint density at radius 3 is 2.62 bits per heavy atom. The molecule has 126 valence electrons. The number of allylic oxidation sites excluding steroid dienone is 2. The number of rotatable bonds is 2. The second-order valence-electron chi connectivity index (χ2n) is 5.33. The van der Waals surface area contributed by atoms with Crippen LogP contribution in [0.3, 0.4) is 0 Å². The standard InChI is InChI=1S/C15H13F3N4O2/c1-7-4-21-14(24)11-9(6-20-12(7)11)13(23)22-10-3-2-8(5-19-10)15(16,17)18/h2-6,10,19-20H,1H3,(H,21,24)(H,22,23). The number of pyridine rings is 1. The molecular weight excluding hydrogens is 325 g/mol. The van der Waals surface area contributed by atoms with Crippen molar-refractivity contribution in [3.05, 3.63) is 57.8 Å². The van der Waals surface area contributed by atoms with Crippen molar-refractivity contribution in [3.63, 3.8) is 0 Å². The number of H-pyrrole nitrogens is 2. The molecule has 1 aliphatic rings. The van der Waals surface area contributed by atoms with E-state index < -0.39 is 29.4 Å². The number of aryl methyl sites for hydroxylation is 1. The average molecular weight is 338 g/mol. The summed E-state index contributed by atoms with van der Waals surface area (Å²) < 4.78 is 37.6. The molecule has 3 heterocycles. The summed E-state index contributed by atoms with van der Waals surface area (Å²) in [5.41, 5.74) is 0.156. The Labute approximate surface area is 133 Å². The zero-order valence-electron chi connectivity index (χ0n) is 12.4. The van der Waals surface area contributed by atoms with Crippen molar-refractivity contribution in [2.24, 2.45) is 0 Å². The van der Waals surface area contributed by atoms with Gasteiger partial charge in [0.25, 0.3) is 11.5 Å². The number of carbonyl (C=O) groups is 1. The Morgan fingerprint density at radius 1 is 1.25 bits per heavy atom. The summed E-state index contributed by atoms with van der Waals surface area (Å²) in [6.07, 6.45) is 0.511. The van der Waals surface area contributed by atoms with Gasteiger partial charge in [0.2, 0.25) is 0 Å². The Balaban J connectivity index is 1.81. The monoisotopic (exact) mass is 338 g/mol. The number of halogens is 3. The molecule has 2 aromatic heterocycles. The van der Waals surface area contributed by atoms with Crippen molar-refractivity contribution < 1.29 is 18.0 Å². The van der Waals surface area contributed by atoms with E-state index in [1.54, 1.807) is 6.92 Å². The van der Waals surface area contributed by atoms with Crippen molar-refractivity contribution in [3.8, 4) is 0 Å². The lowest BCUT2D eigenvalue weighted by molar-refractivity contribution is -0.0888. The van der Waals surface area contributed by atoms with E-state index in [4.69, 9.17) is 0 Å². The van der Waals surface area contributed by atoms with Gasteiger partial charge in [0.05, 0.1) is 22.0 Å². The van der Waals surface area contributed by atoms with Crippen LogP contribution in [-0.4, -0.2) is 28.2 Å². The van der Waals surface area contributed by atoms with Gasteiger partial charge in [0.15, 0.2) is 0 Å². The van der Waals surface area contributed by atoms with Crippen molar-refractivity contribution in [2.75, 3.05) is 0 Å². The number of fused-ring (bicyclic) bond motifs is 1. The summed E-state index contributed by atoms with van der Waals surface area (Å²) in [5.74, 6) is -0.580. The van der Waals surface area contributed by atoms with Crippen molar-refractivity contribution in [1.82, 2.24) is 20.6 Å². The minimum atomic E-state index is -4.46. The number of hydrogen-bond donors (Lipinski definition) is 4. The fourth-order valence-electron chi connectivity index (χ4n) is 2.44. The number of aromatic amines is 2. The molecule has 0 saturated heterocycles. The van der Waals surface area contributed by atoms with E-state index in [2.05, 4.69) is 20.6 Å². The number of nitrogens with one attached hydrogen (secondary N) is 4. The summed E-state index contributed by atoms with van der Waals surface area (Å²) in [4.78, 5) is 29.7. The van der Waals surface area contributed by atoms with E-state index in [-0.39, 0.29) is 10.9 Å². The van der Waals surface area contributed by atoms with Crippen molar-refractivity contribution in [2.45, 2.75) is 19.3 Å². The van der Waals surface area contributed by atoms with Crippen LogP contribution in [-0.2, 0) is 0 Å². The number of aromatic nitrogens is 2. The second kappa shape index (κ2) is 5.59. The van der Waals surface area contributed by atoms with Gasteiger partial charge in [-0.05, 0) is 24.6 Å². The van der Waals surface area contributed by atoms with Gasteiger partial charge in [0.1, 0.15) is 6.17 Å². The smallest absolute Gasteiger partial charge is 0.368 e. The summed E-state index contributed by atoms with van der Waals surface area (Å²) in [7, 11) is 0. The van der Waals surface area contributed by atoms with Crippen LogP contribution < -0.4 is 16.2 Å². The third-order valence-electron chi connectivity index (χ3n) is 3.67. The first kappa shape index (κ1) is 15.9. The minimum Gasteiger partial charge on any atom is -0.368 e. The second-order valence-corrected chi connectivity index (χ2v) is 5.33. The first-order valence-corrected chi connectivity index (χ1v) is 6.99. The zero-order chi connectivity index (χ0) is 17.5. The van der Waals surface area contributed by atoms with Gasteiger partial charge < -0.3 is 20.6 Å². The maximum atomic E-state index is 12.5. The van der Waals surface area contributed by atoms with E-state index in [0.29, 0.717) is 5.52 Å². The molecule has 24 heavy (non-hydrogen) atoms. The fourth-order valence-corrected chi connectivity index (χ4v) is 2.44. The maximum absolute atomic E-state index is 12.5. The topological polar surface area (TPSA) is 89.8 Å². The van der Waals surface area contributed by atoms with Crippen LogP contribution in [0.4, 0.5) is 13.2 Å². The third-order valence-corrected chi connectivity index (χ3v) is 3.67.